The predicted octanol–water partition coefficient (Wildman–Crippen LogP) is 5.51. The summed E-state index contributed by atoms with van der Waals surface area (Å²) in [5, 5.41) is 3.67. The van der Waals surface area contributed by atoms with Gasteiger partial charge in [0, 0.05) is 17.3 Å². The summed E-state index contributed by atoms with van der Waals surface area (Å²) < 4.78 is 0. The Balaban J connectivity index is 2.34. The van der Waals surface area contributed by atoms with Crippen molar-refractivity contribution in [2.45, 2.75) is 59.4 Å². The minimum absolute atomic E-state index is 0.535. The van der Waals surface area contributed by atoms with E-state index in [-0.39, 0.29) is 0 Å². The van der Waals surface area contributed by atoms with Crippen molar-refractivity contribution in [1.29, 1.82) is 0 Å². The summed E-state index contributed by atoms with van der Waals surface area (Å²) in [5.41, 5.74) is 7.39. The van der Waals surface area contributed by atoms with Gasteiger partial charge in [0.25, 0.3) is 0 Å². The van der Waals surface area contributed by atoms with E-state index in [1.54, 1.807) is 0 Å². The van der Waals surface area contributed by atoms with Gasteiger partial charge >= 0.3 is 0 Å². The van der Waals surface area contributed by atoms with Crippen LogP contribution < -0.4 is 5.32 Å². The van der Waals surface area contributed by atoms with E-state index in [1.807, 2.05) is 6.08 Å². The first kappa shape index (κ1) is 19.7. The molecule has 1 aliphatic heterocycles. The summed E-state index contributed by atoms with van der Waals surface area (Å²) >= 11 is 0. The van der Waals surface area contributed by atoms with Gasteiger partial charge in [-0.15, -0.1) is 6.58 Å². The van der Waals surface area contributed by atoms with Crippen molar-refractivity contribution in [3.8, 4) is 0 Å². The average Bonchev–Trinajstić information content (AvgIpc) is 2.96. The second-order valence-electron chi connectivity index (χ2n) is 7.83. The lowest BCUT2D eigenvalue weighted by Crippen LogP contribution is -2.23. The zero-order valence-corrected chi connectivity index (χ0v) is 16.7. The Morgan fingerprint density at radius 1 is 1.36 bits per heavy atom. The van der Waals surface area contributed by atoms with Gasteiger partial charge < -0.3 is 5.32 Å². The van der Waals surface area contributed by atoms with E-state index >= 15 is 0 Å². The monoisotopic (exact) mass is 338 g/mol. The highest BCUT2D eigenvalue weighted by molar-refractivity contribution is 6.03. The Morgan fingerprint density at radius 3 is 2.64 bits per heavy atom. The fourth-order valence-corrected chi connectivity index (χ4v) is 3.95. The molecule has 1 aliphatic rings. The van der Waals surface area contributed by atoms with Crippen LogP contribution in [0.5, 0.6) is 0 Å². The number of aliphatic imine (C=N–C) groups is 1. The lowest BCUT2D eigenvalue weighted by Gasteiger charge is -2.22. The lowest BCUT2D eigenvalue weighted by molar-refractivity contribution is 0.499. The van der Waals surface area contributed by atoms with E-state index in [9.17, 15) is 0 Å². The van der Waals surface area contributed by atoms with Crippen LogP contribution in [0.15, 0.2) is 36.4 Å². The molecule has 2 heteroatoms. The molecule has 25 heavy (non-hydrogen) atoms. The first-order valence-corrected chi connectivity index (χ1v) is 9.49. The molecule has 0 bridgehead atoms. The molecule has 2 nitrogen and oxygen atoms in total. The molecule has 1 aromatic rings. The molecule has 1 saturated heterocycles. The summed E-state index contributed by atoms with van der Waals surface area (Å²) in [6.45, 7) is 20.8. The van der Waals surface area contributed by atoms with Gasteiger partial charge in [-0.25, -0.2) is 0 Å². The molecule has 1 aromatic carbocycles. The van der Waals surface area contributed by atoms with Crippen LogP contribution >= 0.6 is 0 Å². The molecule has 0 aliphatic carbocycles. The molecule has 0 amide bonds. The van der Waals surface area contributed by atoms with Crippen LogP contribution in [0.3, 0.4) is 0 Å². The maximum Gasteiger partial charge on any atom is 0.0571 e. The number of allylic oxidation sites excluding steroid dienone is 1. The zero-order valence-electron chi connectivity index (χ0n) is 16.7. The first-order valence-electron chi connectivity index (χ1n) is 9.49. The van der Waals surface area contributed by atoms with Gasteiger partial charge in [0.1, 0.15) is 0 Å². The van der Waals surface area contributed by atoms with Gasteiger partial charge in [-0.2, -0.15) is 0 Å². The predicted molar refractivity (Wildman–Crippen MR) is 112 cm³/mol. The molecule has 3 atom stereocenters. The second-order valence-corrected chi connectivity index (χ2v) is 7.83. The smallest absolute Gasteiger partial charge is 0.0571 e. The minimum Gasteiger partial charge on any atom is -0.314 e. The van der Waals surface area contributed by atoms with E-state index in [2.05, 4.69) is 70.2 Å². The maximum absolute atomic E-state index is 4.64. The van der Waals surface area contributed by atoms with Gasteiger partial charge in [-0.1, -0.05) is 38.1 Å². The summed E-state index contributed by atoms with van der Waals surface area (Å²) in [5.74, 6) is 1.33. The number of benzene rings is 1. The minimum atomic E-state index is 0.535. The van der Waals surface area contributed by atoms with Crippen LogP contribution in [-0.2, 0) is 0 Å². The Kier molecular flexibility index (Phi) is 6.78. The molecule has 1 N–H and O–H groups in total. The van der Waals surface area contributed by atoms with E-state index < -0.39 is 0 Å². The number of nitrogens with zero attached hydrogens (tertiary/aromatic N) is 1. The molecule has 2 rings (SSSR count). The third kappa shape index (κ3) is 4.92. The van der Waals surface area contributed by atoms with Crippen LogP contribution in [0.2, 0.25) is 0 Å². The summed E-state index contributed by atoms with van der Waals surface area (Å²) in [4.78, 5) is 4.64. The van der Waals surface area contributed by atoms with Crippen molar-refractivity contribution in [2.75, 3.05) is 13.1 Å². The number of aryl methyl sites for hydroxylation is 1. The van der Waals surface area contributed by atoms with E-state index in [0.29, 0.717) is 18.5 Å². The quantitative estimate of drug-likeness (QED) is 0.514. The zero-order chi connectivity index (χ0) is 18.6. The first-order chi connectivity index (χ1) is 11.8. The highest BCUT2D eigenvalue weighted by Crippen LogP contribution is 2.31. The van der Waals surface area contributed by atoms with E-state index in [0.717, 1.165) is 23.7 Å². The molecule has 1 fully saturated rings. The maximum atomic E-state index is 4.64. The Bertz CT molecular complexity index is 669. The van der Waals surface area contributed by atoms with Crippen molar-refractivity contribution >= 4 is 11.3 Å². The van der Waals surface area contributed by atoms with Crippen LogP contribution in [0.4, 0.5) is 0 Å². The molecule has 0 spiro atoms. The standard InChI is InChI=1S/C23H34N2/c1-8-9-24-19(7)23-13-22(18(6)12-21(23)15(2)3)17(5)11-20-10-16(4)14-25-20/h8,12-13,16-17,20,25H,1-2,9-11,14H2,3-7H3/b24-19-/t16-,17?,20-/m0/s1. The van der Waals surface area contributed by atoms with Crippen molar-refractivity contribution in [1.82, 2.24) is 5.32 Å². The topological polar surface area (TPSA) is 24.4 Å². The van der Waals surface area contributed by atoms with Gasteiger partial charge in [0.05, 0.1) is 6.54 Å². The Labute approximate surface area is 154 Å². The number of hydrogen-bond donors (Lipinski definition) is 1. The van der Waals surface area contributed by atoms with Gasteiger partial charge in [0.2, 0.25) is 0 Å². The summed E-state index contributed by atoms with van der Waals surface area (Å²) in [6, 6.07) is 5.29. The Hall–Kier alpha value is -1.67. The molecule has 1 heterocycles. The average molecular weight is 339 g/mol. The largest absolute Gasteiger partial charge is 0.314 e. The van der Waals surface area contributed by atoms with Crippen LogP contribution in [-0.4, -0.2) is 24.8 Å². The molecule has 1 unspecified atom stereocenters. The third-order valence-corrected chi connectivity index (χ3v) is 5.32. The third-order valence-electron chi connectivity index (χ3n) is 5.32. The highest BCUT2D eigenvalue weighted by atomic mass is 14.9. The number of rotatable bonds is 7. The van der Waals surface area contributed by atoms with E-state index in [1.165, 1.54) is 35.1 Å². The normalized spacial score (nSPS) is 22.0. The fourth-order valence-electron chi connectivity index (χ4n) is 3.95. The van der Waals surface area contributed by atoms with Crippen LogP contribution in [0, 0.1) is 12.8 Å². The summed E-state index contributed by atoms with van der Waals surface area (Å²) in [6.07, 6.45) is 4.33. The van der Waals surface area contributed by atoms with Crippen LogP contribution in [0.1, 0.15) is 68.7 Å². The van der Waals surface area contributed by atoms with Crippen molar-refractivity contribution in [3.05, 3.63) is 53.6 Å². The SMILES string of the molecule is C=CC/N=C(/C)c1cc(C(C)C[C@@H]2C[C@H](C)CN2)c(C)cc1C(=C)C. The van der Waals surface area contributed by atoms with Gasteiger partial charge in [-0.05, 0) is 74.8 Å². The molecule has 0 aromatic heterocycles. The van der Waals surface area contributed by atoms with Gasteiger partial charge in [0.15, 0.2) is 0 Å². The molecular formula is C23H34N2. The number of nitrogens with one attached hydrogen (secondary N) is 1. The number of hydrogen-bond acceptors (Lipinski definition) is 2. The highest BCUT2D eigenvalue weighted by Gasteiger charge is 2.24. The van der Waals surface area contributed by atoms with E-state index in [4.69, 9.17) is 0 Å². The lowest BCUT2D eigenvalue weighted by atomic mass is 9.85. The summed E-state index contributed by atoms with van der Waals surface area (Å²) in [7, 11) is 0. The van der Waals surface area contributed by atoms with Crippen molar-refractivity contribution in [2.24, 2.45) is 10.9 Å². The molecule has 136 valence electrons. The molecule has 0 radical (unpaired) electrons. The second kappa shape index (κ2) is 8.62. The van der Waals surface area contributed by atoms with Gasteiger partial charge in [-0.3, -0.25) is 4.99 Å². The fraction of sp³-hybridized carbons (Fsp3) is 0.522. The van der Waals surface area contributed by atoms with Crippen molar-refractivity contribution in [3.63, 3.8) is 0 Å². The van der Waals surface area contributed by atoms with Crippen LogP contribution in [0.25, 0.3) is 5.57 Å². The molecule has 0 saturated carbocycles. The van der Waals surface area contributed by atoms with Crippen molar-refractivity contribution < 1.29 is 0 Å². The molecular weight excluding hydrogens is 304 g/mol. The Morgan fingerprint density at radius 2 is 2.08 bits per heavy atom.